The third-order valence-corrected chi connectivity index (χ3v) is 6.24. The molecule has 0 spiro atoms. The van der Waals surface area contributed by atoms with Crippen LogP contribution in [0.15, 0.2) is 82.2 Å². The number of anilines is 1. The normalized spacial score (nSPS) is 11.3. The molecule has 3 rings (SSSR count). The number of hydrogen-bond acceptors (Lipinski definition) is 2. The lowest BCUT2D eigenvalue weighted by atomic mass is 10.2. The summed E-state index contributed by atoms with van der Waals surface area (Å²) in [5, 5.41) is 0.152. The molecule has 3 aromatic carbocycles. The molecule has 0 N–H and O–H groups in total. The Bertz CT molecular complexity index is 1030. The summed E-state index contributed by atoms with van der Waals surface area (Å²) in [7, 11) is -4.17. The molecule has 7 heteroatoms. The van der Waals surface area contributed by atoms with Crippen molar-refractivity contribution in [3.05, 3.63) is 93.7 Å². The van der Waals surface area contributed by atoms with E-state index in [0.717, 1.165) is 22.2 Å². The first-order valence-electron chi connectivity index (χ1n) is 7.65. The molecule has 0 heterocycles. The van der Waals surface area contributed by atoms with Crippen molar-refractivity contribution < 1.29 is 12.8 Å². The van der Waals surface area contributed by atoms with Gasteiger partial charge in [0.1, 0.15) is 10.7 Å². The van der Waals surface area contributed by atoms with Gasteiger partial charge in [-0.05, 0) is 42.0 Å². The number of hydrogen-bond donors (Lipinski definition) is 0. The Morgan fingerprint density at radius 3 is 2.38 bits per heavy atom. The third-order valence-electron chi connectivity index (χ3n) is 3.73. The van der Waals surface area contributed by atoms with Crippen LogP contribution in [-0.4, -0.2) is 8.42 Å². The minimum atomic E-state index is -4.17. The zero-order valence-electron chi connectivity index (χ0n) is 13.4. The summed E-state index contributed by atoms with van der Waals surface area (Å²) in [6.45, 7) is 0.0611. The first kappa shape index (κ1) is 18.9. The van der Waals surface area contributed by atoms with Gasteiger partial charge in [-0.15, -0.1) is 0 Å². The van der Waals surface area contributed by atoms with Crippen molar-refractivity contribution in [3.8, 4) is 0 Å². The van der Waals surface area contributed by atoms with E-state index in [1.54, 1.807) is 24.3 Å². The maximum atomic E-state index is 14.3. The Labute approximate surface area is 165 Å². The molecule has 0 unspecified atom stereocenters. The summed E-state index contributed by atoms with van der Waals surface area (Å²) in [6.07, 6.45) is 0. The molecule has 0 aliphatic rings. The summed E-state index contributed by atoms with van der Waals surface area (Å²) < 4.78 is 42.6. The maximum Gasteiger partial charge on any atom is 0.267 e. The third kappa shape index (κ3) is 4.09. The zero-order chi connectivity index (χ0) is 18.7. The first-order chi connectivity index (χ1) is 12.4. The van der Waals surface area contributed by atoms with Gasteiger partial charge in [-0.25, -0.2) is 12.8 Å². The van der Waals surface area contributed by atoms with E-state index in [1.165, 1.54) is 10.4 Å². The average Bonchev–Trinajstić information content (AvgIpc) is 2.62. The summed E-state index contributed by atoms with van der Waals surface area (Å²) in [6, 6.07) is 19.5. The van der Waals surface area contributed by atoms with Crippen LogP contribution in [0.1, 0.15) is 5.56 Å². The van der Waals surface area contributed by atoms with Crippen molar-refractivity contribution in [2.75, 3.05) is 4.31 Å². The van der Waals surface area contributed by atoms with E-state index in [4.69, 9.17) is 11.6 Å². The van der Waals surface area contributed by atoms with Crippen LogP contribution in [0.3, 0.4) is 0 Å². The number of sulfonamides is 1. The lowest BCUT2D eigenvalue weighted by Crippen LogP contribution is -2.31. The topological polar surface area (TPSA) is 37.4 Å². The van der Waals surface area contributed by atoms with Crippen molar-refractivity contribution in [3.63, 3.8) is 0 Å². The Morgan fingerprint density at radius 2 is 1.69 bits per heavy atom. The molecule has 0 aliphatic heterocycles. The van der Waals surface area contributed by atoms with Crippen LogP contribution >= 0.6 is 27.5 Å². The zero-order valence-corrected chi connectivity index (χ0v) is 16.6. The van der Waals surface area contributed by atoms with Crippen LogP contribution in [-0.2, 0) is 16.6 Å². The molecule has 0 aromatic heterocycles. The van der Waals surface area contributed by atoms with Gasteiger partial charge >= 0.3 is 0 Å². The fraction of sp³-hybridized carbons (Fsp3) is 0.0526. The Kier molecular flexibility index (Phi) is 5.65. The lowest BCUT2D eigenvalue weighted by Gasteiger charge is -2.25. The molecule has 0 aliphatic carbocycles. The van der Waals surface area contributed by atoms with Crippen molar-refractivity contribution in [1.29, 1.82) is 0 Å². The van der Waals surface area contributed by atoms with Crippen LogP contribution in [0.4, 0.5) is 10.1 Å². The fourth-order valence-corrected chi connectivity index (χ4v) is 4.65. The van der Waals surface area contributed by atoms with E-state index in [-0.39, 0.29) is 11.6 Å². The van der Waals surface area contributed by atoms with Gasteiger partial charge in [0.05, 0.1) is 12.2 Å². The van der Waals surface area contributed by atoms with Crippen LogP contribution in [0, 0.1) is 5.82 Å². The maximum absolute atomic E-state index is 14.3. The lowest BCUT2D eigenvalue weighted by molar-refractivity contribution is 0.563. The van der Waals surface area contributed by atoms with Crippen LogP contribution in [0.5, 0.6) is 0 Å². The largest absolute Gasteiger partial charge is 0.267 e. The molecule has 134 valence electrons. The molecule has 0 bridgehead atoms. The highest BCUT2D eigenvalue weighted by atomic mass is 79.9. The average molecular weight is 455 g/mol. The first-order valence-corrected chi connectivity index (χ1v) is 10.3. The molecule has 0 amide bonds. The number of rotatable bonds is 5. The summed E-state index contributed by atoms with van der Waals surface area (Å²) >= 11 is 9.25. The minimum absolute atomic E-state index is 0.0611. The van der Waals surface area contributed by atoms with Gasteiger partial charge in [-0.2, -0.15) is 0 Å². The van der Waals surface area contributed by atoms with Crippen LogP contribution in [0.2, 0.25) is 5.02 Å². The van der Waals surface area contributed by atoms with Crippen LogP contribution in [0.25, 0.3) is 0 Å². The molecule has 0 saturated carbocycles. The highest BCUT2D eigenvalue weighted by Gasteiger charge is 2.28. The Balaban J connectivity index is 2.14. The van der Waals surface area contributed by atoms with Gasteiger partial charge in [0.2, 0.25) is 0 Å². The SMILES string of the molecule is O=S(=O)(c1cc(Cl)ccc1F)N(Cc1ccccc1)c1cccc(Br)c1. The molecular weight excluding hydrogens is 441 g/mol. The second kappa shape index (κ2) is 7.78. The molecule has 0 saturated heterocycles. The number of nitrogens with zero attached hydrogens (tertiary/aromatic N) is 1. The summed E-state index contributed by atoms with van der Waals surface area (Å²) in [4.78, 5) is -0.457. The van der Waals surface area contributed by atoms with E-state index in [1.807, 2.05) is 30.3 Å². The molecule has 26 heavy (non-hydrogen) atoms. The van der Waals surface area contributed by atoms with Gasteiger partial charge in [0.15, 0.2) is 0 Å². The summed E-state index contributed by atoms with van der Waals surface area (Å²) in [5.41, 5.74) is 1.20. The van der Waals surface area contributed by atoms with Crippen molar-refractivity contribution >= 4 is 43.2 Å². The van der Waals surface area contributed by atoms with E-state index in [0.29, 0.717) is 5.69 Å². The van der Waals surface area contributed by atoms with E-state index >= 15 is 0 Å². The van der Waals surface area contributed by atoms with Crippen molar-refractivity contribution in [2.45, 2.75) is 11.4 Å². The number of halogens is 3. The summed E-state index contributed by atoms with van der Waals surface area (Å²) in [5.74, 6) is -0.845. The van der Waals surface area contributed by atoms with Crippen molar-refractivity contribution in [2.24, 2.45) is 0 Å². The molecule has 0 fully saturated rings. The highest BCUT2D eigenvalue weighted by Crippen LogP contribution is 2.30. The Morgan fingerprint density at radius 1 is 0.962 bits per heavy atom. The Hall–Kier alpha value is -1.89. The fourth-order valence-electron chi connectivity index (χ4n) is 2.49. The van der Waals surface area contributed by atoms with E-state index in [9.17, 15) is 12.8 Å². The second-order valence-electron chi connectivity index (χ2n) is 5.55. The number of benzene rings is 3. The van der Waals surface area contributed by atoms with Gasteiger partial charge in [-0.3, -0.25) is 4.31 Å². The molecule has 0 atom stereocenters. The van der Waals surface area contributed by atoms with E-state index in [2.05, 4.69) is 15.9 Å². The second-order valence-corrected chi connectivity index (χ2v) is 8.73. The molecule has 0 radical (unpaired) electrons. The van der Waals surface area contributed by atoms with E-state index < -0.39 is 20.7 Å². The van der Waals surface area contributed by atoms with Gasteiger partial charge in [-0.1, -0.05) is 63.9 Å². The monoisotopic (exact) mass is 453 g/mol. The van der Waals surface area contributed by atoms with Gasteiger partial charge in [0, 0.05) is 9.50 Å². The molecular formula is C19H14BrClFNO2S. The smallest absolute Gasteiger partial charge is 0.262 e. The predicted molar refractivity (Wildman–Crippen MR) is 105 cm³/mol. The van der Waals surface area contributed by atoms with Gasteiger partial charge < -0.3 is 0 Å². The molecule has 3 nitrogen and oxygen atoms in total. The standard InChI is InChI=1S/C19H14BrClFNO2S/c20-15-7-4-8-17(11-15)23(13-14-5-2-1-3-6-14)26(24,25)19-12-16(21)9-10-18(19)22/h1-12H,13H2. The predicted octanol–water partition coefficient (Wildman–Crippen LogP) is 5.64. The quantitative estimate of drug-likeness (QED) is 0.500. The van der Waals surface area contributed by atoms with Crippen LogP contribution < -0.4 is 4.31 Å². The van der Waals surface area contributed by atoms with Gasteiger partial charge in [0.25, 0.3) is 10.0 Å². The minimum Gasteiger partial charge on any atom is -0.262 e. The van der Waals surface area contributed by atoms with Crippen molar-refractivity contribution in [1.82, 2.24) is 0 Å². The molecule has 3 aromatic rings. The highest BCUT2D eigenvalue weighted by molar-refractivity contribution is 9.10.